The molecule has 2 fully saturated rings. The average Bonchev–Trinajstić information content (AvgIpc) is 3.62. The number of nitrogens with one attached hydrogen (secondary N) is 1. The standard InChI is InChI=1S/C21H23N5O/c1-12-11-22-19(15-5-6-15)24-18(12)23-13(2)14-3-9-17(10-4-14)21-25-20(26-27-21)16-7-8-16/h3-4,9-11,13,15-16H,5-8H2,1-2H3,(H,22,23,24). The number of nitrogens with zero attached hydrogens (tertiary/aromatic N) is 4. The Morgan fingerprint density at radius 2 is 1.70 bits per heavy atom. The Balaban J connectivity index is 1.31. The lowest BCUT2D eigenvalue weighted by Crippen LogP contribution is -2.10. The van der Waals surface area contributed by atoms with E-state index in [1.165, 1.54) is 31.2 Å². The van der Waals surface area contributed by atoms with Gasteiger partial charge in [-0.25, -0.2) is 9.97 Å². The number of rotatable bonds is 6. The van der Waals surface area contributed by atoms with Crippen LogP contribution in [-0.2, 0) is 0 Å². The fraction of sp³-hybridized carbons (Fsp3) is 0.429. The van der Waals surface area contributed by atoms with Gasteiger partial charge in [-0.15, -0.1) is 0 Å². The van der Waals surface area contributed by atoms with Crippen molar-refractivity contribution in [3.05, 3.63) is 53.2 Å². The van der Waals surface area contributed by atoms with Crippen LogP contribution in [0, 0.1) is 6.92 Å². The van der Waals surface area contributed by atoms with Gasteiger partial charge in [-0.2, -0.15) is 4.98 Å². The number of aromatic nitrogens is 4. The third kappa shape index (κ3) is 3.44. The minimum atomic E-state index is 0.143. The molecule has 138 valence electrons. The van der Waals surface area contributed by atoms with E-state index >= 15 is 0 Å². The normalized spacial score (nSPS) is 17.7. The first kappa shape index (κ1) is 16.4. The van der Waals surface area contributed by atoms with Crippen LogP contribution in [0.4, 0.5) is 5.82 Å². The van der Waals surface area contributed by atoms with Crippen molar-refractivity contribution < 1.29 is 4.52 Å². The second-order valence-corrected chi connectivity index (χ2v) is 7.75. The predicted molar refractivity (Wildman–Crippen MR) is 102 cm³/mol. The summed E-state index contributed by atoms with van der Waals surface area (Å²) in [4.78, 5) is 13.7. The maximum Gasteiger partial charge on any atom is 0.257 e. The van der Waals surface area contributed by atoms with Crippen LogP contribution >= 0.6 is 0 Å². The summed E-state index contributed by atoms with van der Waals surface area (Å²) in [5, 5.41) is 7.63. The first-order valence-electron chi connectivity index (χ1n) is 9.71. The van der Waals surface area contributed by atoms with Crippen LogP contribution in [0.25, 0.3) is 11.5 Å². The molecular formula is C21H23N5O. The molecule has 2 heterocycles. The van der Waals surface area contributed by atoms with Crippen molar-refractivity contribution in [3.63, 3.8) is 0 Å². The summed E-state index contributed by atoms with van der Waals surface area (Å²) >= 11 is 0. The summed E-state index contributed by atoms with van der Waals surface area (Å²) in [5.74, 6) is 4.39. The van der Waals surface area contributed by atoms with E-state index in [-0.39, 0.29) is 6.04 Å². The summed E-state index contributed by atoms with van der Waals surface area (Å²) < 4.78 is 5.41. The average molecular weight is 361 g/mol. The molecule has 2 aliphatic rings. The van der Waals surface area contributed by atoms with Gasteiger partial charge < -0.3 is 9.84 Å². The second-order valence-electron chi connectivity index (χ2n) is 7.75. The van der Waals surface area contributed by atoms with Crippen LogP contribution in [-0.4, -0.2) is 20.1 Å². The first-order valence-corrected chi connectivity index (χ1v) is 9.71. The zero-order chi connectivity index (χ0) is 18.4. The molecule has 2 aliphatic carbocycles. The molecule has 0 aliphatic heterocycles. The molecule has 3 aromatic rings. The van der Waals surface area contributed by atoms with Crippen molar-refractivity contribution in [2.75, 3.05) is 5.32 Å². The maximum absolute atomic E-state index is 5.41. The van der Waals surface area contributed by atoms with Crippen molar-refractivity contribution in [2.24, 2.45) is 0 Å². The lowest BCUT2D eigenvalue weighted by molar-refractivity contribution is 0.422. The monoisotopic (exact) mass is 361 g/mol. The Morgan fingerprint density at radius 3 is 2.41 bits per heavy atom. The lowest BCUT2D eigenvalue weighted by Gasteiger charge is -2.17. The van der Waals surface area contributed by atoms with Crippen molar-refractivity contribution in [1.29, 1.82) is 0 Å². The predicted octanol–water partition coefficient (Wildman–Crippen LogP) is 4.76. The van der Waals surface area contributed by atoms with Gasteiger partial charge in [0.05, 0.1) is 0 Å². The van der Waals surface area contributed by atoms with Crippen LogP contribution in [0.15, 0.2) is 35.0 Å². The fourth-order valence-corrected chi connectivity index (χ4v) is 3.20. The topological polar surface area (TPSA) is 76.7 Å². The first-order chi connectivity index (χ1) is 13.2. The zero-order valence-electron chi connectivity index (χ0n) is 15.6. The van der Waals surface area contributed by atoms with Gasteiger partial charge in [0.2, 0.25) is 0 Å². The summed E-state index contributed by atoms with van der Waals surface area (Å²) in [6.07, 6.45) is 6.68. The quantitative estimate of drug-likeness (QED) is 0.682. The molecule has 0 saturated heterocycles. The van der Waals surface area contributed by atoms with Gasteiger partial charge in [0, 0.05) is 35.2 Å². The molecule has 0 amide bonds. The molecule has 1 N–H and O–H groups in total. The molecule has 2 aromatic heterocycles. The van der Waals surface area contributed by atoms with E-state index in [0.717, 1.165) is 28.6 Å². The minimum absolute atomic E-state index is 0.143. The lowest BCUT2D eigenvalue weighted by atomic mass is 10.1. The molecule has 0 spiro atoms. The molecule has 6 nitrogen and oxygen atoms in total. The SMILES string of the molecule is Cc1cnc(C2CC2)nc1NC(C)c1ccc(-c2nc(C3CC3)no2)cc1. The molecule has 5 rings (SSSR count). The molecule has 2 saturated carbocycles. The maximum atomic E-state index is 5.41. The Morgan fingerprint density at radius 1 is 1.00 bits per heavy atom. The summed E-state index contributed by atoms with van der Waals surface area (Å²) in [5.41, 5.74) is 3.22. The number of aryl methyl sites for hydroxylation is 1. The van der Waals surface area contributed by atoms with Gasteiger partial charge in [-0.1, -0.05) is 17.3 Å². The number of benzene rings is 1. The van der Waals surface area contributed by atoms with E-state index in [2.05, 4.69) is 39.5 Å². The number of hydrogen-bond donors (Lipinski definition) is 1. The van der Waals surface area contributed by atoms with Crippen LogP contribution in [0.3, 0.4) is 0 Å². The highest BCUT2D eigenvalue weighted by Gasteiger charge is 2.29. The third-order valence-corrected chi connectivity index (χ3v) is 5.33. The summed E-state index contributed by atoms with van der Waals surface area (Å²) in [6.45, 7) is 4.19. The van der Waals surface area contributed by atoms with E-state index in [1.54, 1.807) is 0 Å². The van der Waals surface area contributed by atoms with Crippen molar-refractivity contribution in [3.8, 4) is 11.5 Å². The highest BCUT2D eigenvalue weighted by atomic mass is 16.5. The number of hydrogen-bond acceptors (Lipinski definition) is 6. The van der Waals surface area contributed by atoms with E-state index in [9.17, 15) is 0 Å². The van der Waals surface area contributed by atoms with Crippen molar-refractivity contribution >= 4 is 5.82 Å². The van der Waals surface area contributed by atoms with Gasteiger partial charge >= 0.3 is 0 Å². The highest BCUT2D eigenvalue weighted by Crippen LogP contribution is 2.39. The van der Waals surface area contributed by atoms with Crippen molar-refractivity contribution in [2.45, 2.75) is 57.4 Å². The fourth-order valence-electron chi connectivity index (χ4n) is 3.20. The van der Waals surface area contributed by atoms with Crippen molar-refractivity contribution in [1.82, 2.24) is 20.1 Å². The van der Waals surface area contributed by atoms with Gasteiger partial charge in [0.25, 0.3) is 5.89 Å². The molecule has 0 bridgehead atoms. The van der Waals surface area contributed by atoms with Crippen LogP contribution < -0.4 is 5.32 Å². The molecule has 0 radical (unpaired) electrons. The molecule has 1 unspecified atom stereocenters. The highest BCUT2D eigenvalue weighted by molar-refractivity contribution is 5.54. The van der Waals surface area contributed by atoms with Crippen LogP contribution in [0.2, 0.25) is 0 Å². The molecule has 1 atom stereocenters. The van der Waals surface area contributed by atoms with E-state index in [4.69, 9.17) is 9.51 Å². The van der Waals surface area contributed by atoms with Gasteiger partial charge in [-0.05, 0) is 57.2 Å². The second kappa shape index (κ2) is 6.44. The van der Waals surface area contributed by atoms with E-state index < -0.39 is 0 Å². The smallest absolute Gasteiger partial charge is 0.257 e. The Labute approximate surface area is 158 Å². The third-order valence-electron chi connectivity index (χ3n) is 5.33. The summed E-state index contributed by atoms with van der Waals surface area (Å²) in [6, 6.07) is 8.43. The zero-order valence-corrected chi connectivity index (χ0v) is 15.6. The largest absolute Gasteiger partial charge is 0.363 e. The molecule has 6 heteroatoms. The van der Waals surface area contributed by atoms with Crippen LogP contribution in [0.5, 0.6) is 0 Å². The Kier molecular flexibility index (Phi) is 3.92. The number of anilines is 1. The molecule has 27 heavy (non-hydrogen) atoms. The van der Waals surface area contributed by atoms with Gasteiger partial charge in [0.1, 0.15) is 11.6 Å². The van der Waals surface area contributed by atoms with E-state index in [0.29, 0.717) is 17.7 Å². The Bertz CT molecular complexity index is 957. The van der Waals surface area contributed by atoms with Crippen LogP contribution in [0.1, 0.15) is 73.3 Å². The minimum Gasteiger partial charge on any atom is -0.363 e. The van der Waals surface area contributed by atoms with E-state index in [1.807, 2.05) is 25.3 Å². The van der Waals surface area contributed by atoms with Gasteiger partial charge in [-0.3, -0.25) is 0 Å². The summed E-state index contributed by atoms with van der Waals surface area (Å²) in [7, 11) is 0. The molecular weight excluding hydrogens is 338 g/mol. The molecule has 1 aromatic carbocycles. The van der Waals surface area contributed by atoms with Gasteiger partial charge in [0.15, 0.2) is 5.82 Å². The Hall–Kier alpha value is -2.76.